The number of rotatable bonds is 6. The molecule has 0 fully saturated rings. The van der Waals surface area contributed by atoms with E-state index in [-0.39, 0.29) is 18.8 Å². The number of hydrogen-bond acceptors (Lipinski definition) is 4. The summed E-state index contributed by atoms with van der Waals surface area (Å²) in [7, 11) is 0. The summed E-state index contributed by atoms with van der Waals surface area (Å²) in [6.45, 7) is 8.69. The lowest BCUT2D eigenvalue weighted by molar-refractivity contribution is -0.146. The van der Waals surface area contributed by atoms with Crippen molar-refractivity contribution in [2.45, 2.75) is 33.3 Å². The first-order valence-electron chi connectivity index (χ1n) is 4.92. The van der Waals surface area contributed by atoms with Gasteiger partial charge in [0, 0.05) is 5.92 Å². The molecule has 0 saturated carbocycles. The topological polar surface area (TPSA) is 63.6 Å². The van der Waals surface area contributed by atoms with Crippen LogP contribution in [0.15, 0.2) is 12.2 Å². The monoisotopic (exact) mass is 214 g/mol. The number of hydrogen-bond donors (Lipinski definition) is 1. The molecule has 0 bridgehead atoms. The number of Topliss-reactive ketones (excluding diaryl/α,β-unsaturated/α-hetero) is 1. The van der Waals surface area contributed by atoms with E-state index in [4.69, 9.17) is 0 Å². The zero-order valence-electron chi connectivity index (χ0n) is 9.45. The fourth-order valence-electron chi connectivity index (χ4n) is 1.12. The van der Waals surface area contributed by atoms with Gasteiger partial charge in [0.25, 0.3) is 0 Å². The zero-order chi connectivity index (χ0) is 12.0. The molecular weight excluding hydrogens is 196 g/mol. The predicted molar refractivity (Wildman–Crippen MR) is 56.2 cm³/mol. The third-order valence-corrected chi connectivity index (χ3v) is 2.11. The van der Waals surface area contributed by atoms with Gasteiger partial charge in [-0.3, -0.25) is 9.59 Å². The minimum atomic E-state index is -0.896. The third kappa shape index (κ3) is 4.74. The van der Waals surface area contributed by atoms with Crippen LogP contribution in [-0.4, -0.2) is 29.6 Å². The Morgan fingerprint density at radius 3 is 2.40 bits per heavy atom. The Morgan fingerprint density at radius 1 is 1.47 bits per heavy atom. The van der Waals surface area contributed by atoms with Crippen LogP contribution in [0.5, 0.6) is 0 Å². The minimum Gasteiger partial charge on any atom is -0.466 e. The SMILES string of the molecule is C=C(C)[C@H](O)[C@@H](C)C(=O)CC(=O)OCC. The lowest BCUT2D eigenvalue weighted by Gasteiger charge is -2.17. The number of aliphatic hydroxyl groups is 1. The maximum atomic E-state index is 11.5. The second-order valence-corrected chi connectivity index (χ2v) is 3.53. The summed E-state index contributed by atoms with van der Waals surface area (Å²) in [5, 5.41) is 9.54. The van der Waals surface area contributed by atoms with Crippen molar-refractivity contribution in [1.29, 1.82) is 0 Å². The van der Waals surface area contributed by atoms with E-state index < -0.39 is 18.0 Å². The van der Waals surface area contributed by atoms with Gasteiger partial charge in [-0.15, -0.1) is 0 Å². The van der Waals surface area contributed by atoms with Gasteiger partial charge in [0.05, 0.1) is 12.7 Å². The summed E-state index contributed by atoms with van der Waals surface area (Å²) in [4.78, 5) is 22.5. The van der Waals surface area contributed by atoms with E-state index in [1.165, 1.54) is 0 Å². The van der Waals surface area contributed by atoms with E-state index in [1.807, 2.05) is 0 Å². The highest BCUT2D eigenvalue weighted by atomic mass is 16.5. The summed E-state index contributed by atoms with van der Waals surface area (Å²) in [5.41, 5.74) is 0.514. The van der Waals surface area contributed by atoms with Crippen molar-refractivity contribution in [3.63, 3.8) is 0 Å². The maximum Gasteiger partial charge on any atom is 0.313 e. The van der Waals surface area contributed by atoms with Gasteiger partial charge in [-0.25, -0.2) is 0 Å². The molecule has 86 valence electrons. The number of ether oxygens (including phenoxy) is 1. The van der Waals surface area contributed by atoms with Crippen LogP contribution in [0.4, 0.5) is 0 Å². The fourth-order valence-corrected chi connectivity index (χ4v) is 1.12. The molecule has 2 atom stereocenters. The first kappa shape index (κ1) is 13.8. The Bertz CT molecular complexity index is 257. The standard InChI is InChI=1S/C11H18O4/c1-5-15-10(13)6-9(12)8(4)11(14)7(2)3/h8,11,14H,2,5-6H2,1,3-4H3/t8-,11-/m0/s1. The molecule has 0 aliphatic heterocycles. The molecule has 0 aromatic carbocycles. The average molecular weight is 214 g/mol. The third-order valence-electron chi connectivity index (χ3n) is 2.11. The molecule has 0 saturated heterocycles. The molecule has 0 aromatic rings. The number of carbonyl (C=O) groups is 2. The van der Waals surface area contributed by atoms with Crippen molar-refractivity contribution in [2.24, 2.45) is 5.92 Å². The van der Waals surface area contributed by atoms with E-state index in [0.717, 1.165) is 0 Å². The second-order valence-electron chi connectivity index (χ2n) is 3.53. The molecule has 4 heteroatoms. The van der Waals surface area contributed by atoms with Gasteiger partial charge >= 0.3 is 5.97 Å². The Labute approximate surface area is 89.9 Å². The van der Waals surface area contributed by atoms with E-state index in [1.54, 1.807) is 20.8 Å². The highest BCUT2D eigenvalue weighted by Gasteiger charge is 2.24. The Morgan fingerprint density at radius 2 is 2.00 bits per heavy atom. The highest BCUT2D eigenvalue weighted by molar-refractivity contribution is 5.97. The van der Waals surface area contributed by atoms with Crippen LogP contribution in [0.1, 0.15) is 27.2 Å². The summed E-state index contributed by atoms with van der Waals surface area (Å²) < 4.78 is 4.64. The quantitative estimate of drug-likeness (QED) is 0.408. The number of aliphatic hydroxyl groups excluding tert-OH is 1. The van der Waals surface area contributed by atoms with Crippen molar-refractivity contribution >= 4 is 11.8 Å². The highest BCUT2D eigenvalue weighted by Crippen LogP contribution is 2.13. The molecule has 0 aliphatic rings. The Balaban J connectivity index is 4.21. The molecule has 0 spiro atoms. The van der Waals surface area contributed by atoms with Crippen LogP contribution in [0.25, 0.3) is 0 Å². The summed E-state index contributed by atoms with van der Waals surface area (Å²) in [5.74, 6) is -1.50. The number of ketones is 1. The minimum absolute atomic E-state index is 0.254. The van der Waals surface area contributed by atoms with Crippen LogP contribution in [0, 0.1) is 5.92 Å². The number of esters is 1. The van der Waals surface area contributed by atoms with Crippen molar-refractivity contribution in [1.82, 2.24) is 0 Å². The molecule has 0 aromatic heterocycles. The second kappa shape index (κ2) is 6.35. The zero-order valence-corrected chi connectivity index (χ0v) is 9.45. The summed E-state index contributed by atoms with van der Waals surface area (Å²) >= 11 is 0. The summed E-state index contributed by atoms with van der Waals surface area (Å²) in [6.07, 6.45) is -1.19. The number of carbonyl (C=O) groups excluding carboxylic acids is 2. The molecule has 0 unspecified atom stereocenters. The molecular formula is C11H18O4. The van der Waals surface area contributed by atoms with Crippen molar-refractivity contribution in [3.8, 4) is 0 Å². The van der Waals surface area contributed by atoms with Crippen LogP contribution >= 0.6 is 0 Å². The lowest BCUT2D eigenvalue weighted by Crippen LogP contribution is -2.28. The van der Waals surface area contributed by atoms with E-state index in [0.29, 0.717) is 5.57 Å². The molecule has 15 heavy (non-hydrogen) atoms. The van der Waals surface area contributed by atoms with E-state index in [2.05, 4.69) is 11.3 Å². The van der Waals surface area contributed by atoms with Crippen molar-refractivity contribution in [3.05, 3.63) is 12.2 Å². The normalized spacial score (nSPS) is 14.1. The lowest BCUT2D eigenvalue weighted by atomic mass is 9.93. The maximum absolute atomic E-state index is 11.5. The fraction of sp³-hybridized carbons (Fsp3) is 0.636. The molecule has 1 N–H and O–H groups in total. The van der Waals surface area contributed by atoms with Gasteiger partial charge in [-0.1, -0.05) is 19.1 Å². The van der Waals surface area contributed by atoms with E-state index in [9.17, 15) is 14.7 Å². The Hall–Kier alpha value is -1.16. The van der Waals surface area contributed by atoms with Gasteiger partial charge < -0.3 is 9.84 Å². The largest absolute Gasteiger partial charge is 0.466 e. The van der Waals surface area contributed by atoms with Gasteiger partial charge in [0.1, 0.15) is 12.2 Å². The molecule has 0 heterocycles. The molecule has 0 amide bonds. The molecule has 0 rings (SSSR count). The first-order valence-corrected chi connectivity index (χ1v) is 4.92. The van der Waals surface area contributed by atoms with Gasteiger partial charge in [-0.2, -0.15) is 0 Å². The molecule has 0 aliphatic carbocycles. The van der Waals surface area contributed by atoms with Crippen LogP contribution < -0.4 is 0 Å². The molecule has 0 radical (unpaired) electrons. The average Bonchev–Trinajstić information content (AvgIpc) is 2.15. The summed E-state index contributed by atoms with van der Waals surface area (Å²) in [6, 6.07) is 0. The van der Waals surface area contributed by atoms with Crippen molar-refractivity contribution < 1.29 is 19.4 Å². The van der Waals surface area contributed by atoms with Crippen LogP contribution in [0.2, 0.25) is 0 Å². The van der Waals surface area contributed by atoms with Crippen molar-refractivity contribution in [2.75, 3.05) is 6.61 Å². The Kier molecular flexibility index (Phi) is 5.86. The van der Waals surface area contributed by atoms with Gasteiger partial charge in [-0.05, 0) is 13.8 Å². The smallest absolute Gasteiger partial charge is 0.313 e. The molecule has 4 nitrogen and oxygen atoms in total. The van der Waals surface area contributed by atoms with Gasteiger partial charge in [0.2, 0.25) is 0 Å². The predicted octanol–water partition coefficient (Wildman–Crippen LogP) is 1.08. The van der Waals surface area contributed by atoms with Crippen LogP contribution in [-0.2, 0) is 14.3 Å². The van der Waals surface area contributed by atoms with E-state index >= 15 is 0 Å². The van der Waals surface area contributed by atoms with Gasteiger partial charge in [0.15, 0.2) is 0 Å². The van der Waals surface area contributed by atoms with Crippen LogP contribution in [0.3, 0.4) is 0 Å². The first-order chi connectivity index (χ1) is 6.90.